The maximum absolute atomic E-state index is 12.2. The number of aryl methyl sites for hydroxylation is 2. The second-order valence-electron chi connectivity index (χ2n) is 4.72. The molecule has 21 heavy (non-hydrogen) atoms. The van der Waals surface area contributed by atoms with Gasteiger partial charge in [-0.3, -0.25) is 19.6 Å². The Hall–Kier alpha value is -2.76. The van der Waals surface area contributed by atoms with Gasteiger partial charge in [0.15, 0.2) is 5.78 Å². The molecule has 2 aromatic rings. The van der Waals surface area contributed by atoms with Crippen molar-refractivity contribution in [3.05, 3.63) is 63.0 Å². The Morgan fingerprint density at radius 1 is 1.38 bits per heavy atom. The molecule has 1 heterocycles. The van der Waals surface area contributed by atoms with Crippen LogP contribution in [0.3, 0.4) is 0 Å². The summed E-state index contributed by atoms with van der Waals surface area (Å²) >= 11 is 0. The second-order valence-corrected chi connectivity index (χ2v) is 4.72. The molecule has 6 heteroatoms. The molecular formula is C15H15N3O3. The van der Waals surface area contributed by atoms with Gasteiger partial charge in [-0.25, -0.2) is 0 Å². The SMILES string of the molecule is Cc1nn(C)c(C)c1C(=O)/C=C/c1cccc([N+](=O)[O-])c1. The van der Waals surface area contributed by atoms with E-state index < -0.39 is 4.92 Å². The predicted octanol–water partition coefficient (Wildman–Crippen LogP) is 2.84. The average molecular weight is 285 g/mol. The van der Waals surface area contributed by atoms with E-state index in [4.69, 9.17) is 0 Å². The van der Waals surface area contributed by atoms with E-state index >= 15 is 0 Å². The highest BCUT2D eigenvalue weighted by atomic mass is 16.6. The van der Waals surface area contributed by atoms with E-state index in [1.165, 1.54) is 18.2 Å². The van der Waals surface area contributed by atoms with Gasteiger partial charge in [-0.2, -0.15) is 5.10 Å². The molecule has 0 N–H and O–H groups in total. The quantitative estimate of drug-likeness (QED) is 0.374. The van der Waals surface area contributed by atoms with E-state index in [0.29, 0.717) is 16.8 Å². The molecule has 6 nitrogen and oxygen atoms in total. The van der Waals surface area contributed by atoms with E-state index in [1.54, 1.807) is 36.9 Å². The normalized spacial score (nSPS) is 11.0. The first-order valence-electron chi connectivity index (χ1n) is 6.37. The summed E-state index contributed by atoms with van der Waals surface area (Å²) in [6, 6.07) is 6.13. The fourth-order valence-electron chi connectivity index (χ4n) is 2.13. The standard InChI is InChI=1S/C15H15N3O3/c1-10-15(11(2)17(3)16-10)14(19)8-7-12-5-4-6-13(9-12)18(20)21/h4-9H,1-3H3/b8-7+. The third kappa shape index (κ3) is 3.05. The van der Waals surface area contributed by atoms with Gasteiger partial charge in [0.25, 0.3) is 5.69 Å². The van der Waals surface area contributed by atoms with Crippen LogP contribution in [0.25, 0.3) is 6.08 Å². The Labute approximate surface area is 121 Å². The lowest BCUT2D eigenvalue weighted by molar-refractivity contribution is -0.384. The monoisotopic (exact) mass is 285 g/mol. The molecule has 0 saturated carbocycles. The topological polar surface area (TPSA) is 78.0 Å². The van der Waals surface area contributed by atoms with E-state index in [-0.39, 0.29) is 11.5 Å². The summed E-state index contributed by atoms with van der Waals surface area (Å²) in [5.74, 6) is -0.162. The Bertz CT molecular complexity index is 745. The number of nitro groups is 1. The molecule has 108 valence electrons. The van der Waals surface area contributed by atoms with Crippen molar-refractivity contribution in [1.82, 2.24) is 9.78 Å². The van der Waals surface area contributed by atoms with Crippen molar-refractivity contribution in [3.63, 3.8) is 0 Å². The van der Waals surface area contributed by atoms with E-state index in [9.17, 15) is 14.9 Å². The molecular weight excluding hydrogens is 270 g/mol. The highest BCUT2D eigenvalue weighted by molar-refractivity contribution is 6.08. The van der Waals surface area contributed by atoms with Crippen molar-refractivity contribution >= 4 is 17.5 Å². The smallest absolute Gasteiger partial charge is 0.270 e. The summed E-state index contributed by atoms with van der Waals surface area (Å²) in [6.45, 7) is 3.61. The largest absolute Gasteiger partial charge is 0.289 e. The summed E-state index contributed by atoms with van der Waals surface area (Å²) in [4.78, 5) is 22.5. The van der Waals surface area contributed by atoms with Crippen LogP contribution in [0.2, 0.25) is 0 Å². The summed E-state index contributed by atoms with van der Waals surface area (Å²) in [6.07, 6.45) is 2.98. The lowest BCUT2D eigenvalue weighted by Gasteiger charge is -1.97. The van der Waals surface area contributed by atoms with Crippen LogP contribution < -0.4 is 0 Å². The van der Waals surface area contributed by atoms with Gasteiger partial charge in [0, 0.05) is 24.9 Å². The first kappa shape index (κ1) is 14.6. The van der Waals surface area contributed by atoms with Crippen molar-refractivity contribution in [1.29, 1.82) is 0 Å². The minimum atomic E-state index is -0.464. The number of aromatic nitrogens is 2. The van der Waals surface area contributed by atoms with Crippen LogP contribution in [0.1, 0.15) is 27.3 Å². The molecule has 2 rings (SSSR count). The molecule has 0 fully saturated rings. The fraction of sp³-hybridized carbons (Fsp3) is 0.200. The first-order chi connectivity index (χ1) is 9.90. The van der Waals surface area contributed by atoms with Gasteiger partial charge in [0.05, 0.1) is 16.2 Å². The van der Waals surface area contributed by atoms with Crippen LogP contribution in [-0.4, -0.2) is 20.5 Å². The molecule has 0 unspecified atom stereocenters. The number of non-ortho nitro benzene ring substituents is 1. The molecule has 0 aliphatic rings. The minimum absolute atomic E-state index is 0.00154. The van der Waals surface area contributed by atoms with Crippen molar-refractivity contribution in [3.8, 4) is 0 Å². The molecule has 0 atom stereocenters. The van der Waals surface area contributed by atoms with Crippen LogP contribution >= 0.6 is 0 Å². The van der Waals surface area contributed by atoms with Gasteiger partial charge in [0.2, 0.25) is 0 Å². The third-order valence-corrected chi connectivity index (χ3v) is 3.26. The van der Waals surface area contributed by atoms with Crippen molar-refractivity contribution < 1.29 is 9.72 Å². The summed E-state index contributed by atoms with van der Waals surface area (Å²) in [5.41, 5.74) is 2.64. The zero-order chi connectivity index (χ0) is 15.6. The predicted molar refractivity (Wildman–Crippen MR) is 79.1 cm³/mol. The van der Waals surface area contributed by atoms with Crippen LogP contribution in [0.4, 0.5) is 5.69 Å². The van der Waals surface area contributed by atoms with Crippen LogP contribution in [0.5, 0.6) is 0 Å². The van der Waals surface area contributed by atoms with E-state index in [2.05, 4.69) is 5.10 Å². The number of hydrogen-bond donors (Lipinski definition) is 0. The van der Waals surface area contributed by atoms with Gasteiger partial charge in [-0.15, -0.1) is 0 Å². The molecule has 0 aliphatic carbocycles. The van der Waals surface area contributed by atoms with Crippen molar-refractivity contribution in [2.45, 2.75) is 13.8 Å². The number of nitrogens with zero attached hydrogens (tertiary/aromatic N) is 3. The molecule has 0 radical (unpaired) electrons. The summed E-state index contributed by atoms with van der Waals surface area (Å²) in [7, 11) is 1.78. The zero-order valence-corrected chi connectivity index (χ0v) is 12.0. The third-order valence-electron chi connectivity index (χ3n) is 3.26. The first-order valence-corrected chi connectivity index (χ1v) is 6.37. The van der Waals surface area contributed by atoms with Crippen molar-refractivity contribution in [2.24, 2.45) is 7.05 Å². The number of rotatable bonds is 4. The maximum atomic E-state index is 12.2. The summed E-state index contributed by atoms with van der Waals surface area (Å²) < 4.78 is 1.66. The Kier molecular flexibility index (Phi) is 3.98. The number of benzene rings is 1. The Balaban J connectivity index is 2.27. The molecule has 0 saturated heterocycles. The Morgan fingerprint density at radius 3 is 2.67 bits per heavy atom. The summed E-state index contributed by atoms with van der Waals surface area (Å²) in [5, 5.41) is 14.9. The number of nitro benzene ring substituents is 1. The molecule has 0 aliphatic heterocycles. The second kappa shape index (κ2) is 5.70. The van der Waals surface area contributed by atoms with Gasteiger partial charge >= 0.3 is 0 Å². The number of carbonyl (C=O) groups is 1. The number of carbonyl (C=O) groups excluding carboxylic acids is 1. The number of hydrogen-bond acceptors (Lipinski definition) is 4. The zero-order valence-electron chi connectivity index (χ0n) is 12.0. The van der Waals surface area contributed by atoms with Crippen LogP contribution in [0.15, 0.2) is 30.3 Å². The van der Waals surface area contributed by atoms with E-state index in [0.717, 1.165) is 5.69 Å². The molecule has 0 spiro atoms. The Morgan fingerprint density at radius 2 is 2.10 bits per heavy atom. The lowest BCUT2D eigenvalue weighted by Crippen LogP contribution is -1.99. The maximum Gasteiger partial charge on any atom is 0.270 e. The molecule has 0 amide bonds. The van der Waals surface area contributed by atoms with Crippen LogP contribution in [0, 0.1) is 24.0 Å². The van der Waals surface area contributed by atoms with Gasteiger partial charge in [-0.1, -0.05) is 18.2 Å². The van der Waals surface area contributed by atoms with Gasteiger partial charge < -0.3 is 0 Å². The van der Waals surface area contributed by atoms with Gasteiger partial charge in [-0.05, 0) is 25.5 Å². The minimum Gasteiger partial charge on any atom is -0.289 e. The van der Waals surface area contributed by atoms with Gasteiger partial charge in [0.1, 0.15) is 0 Å². The molecule has 1 aromatic carbocycles. The van der Waals surface area contributed by atoms with Crippen LogP contribution in [-0.2, 0) is 7.05 Å². The lowest BCUT2D eigenvalue weighted by atomic mass is 10.1. The highest BCUT2D eigenvalue weighted by Crippen LogP contribution is 2.16. The fourth-order valence-corrected chi connectivity index (χ4v) is 2.13. The molecule has 1 aromatic heterocycles. The number of allylic oxidation sites excluding steroid dienone is 1. The average Bonchev–Trinajstić information content (AvgIpc) is 2.70. The van der Waals surface area contributed by atoms with E-state index in [1.807, 2.05) is 6.92 Å². The highest BCUT2D eigenvalue weighted by Gasteiger charge is 2.14. The van der Waals surface area contributed by atoms with Crippen molar-refractivity contribution in [2.75, 3.05) is 0 Å². The number of ketones is 1. The molecule has 0 bridgehead atoms.